The highest BCUT2D eigenvalue weighted by Gasteiger charge is 1.96. The molecule has 0 atom stereocenters. The first-order valence-electron chi connectivity index (χ1n) is 2.54. The lowest BCUT2D eigenvalue weighted by Gasteiger charge is -1.91. The number of hydrogen-bond donors (Lipinski definition) is 1. The van der Waals surface area contributed by atoms with Crippen LogP contribution in [0.25, 0.3) is 0 Å². The Bertz CT molecular complexity index is 285. The van der Waals surface area contributed by atoms with Gasteiger partial charge >= 0.3 is 0 Å². The van der Waals surface area contributed by atoms with Crippen molar-refractivity contribution in [1.29, 1.82) is 0 Å². The van der Waals surface area contributed by atoms with E-state index >= 15 is 0 Å². The van der Waals surface area contributed by atoms with Gasteiger partial charge in [0.05, 0.1) is 0 Å². The third-order valence-electron chi connectivity index (χ3n) is 0.886. The van der Waals surface area contributed by atoms with Crippen LogP contribution in [0.15, 0.2) is 10.9 Å². The monoisotopic (exact) mass is 162 g/mol. The van der Waals surface area contributed by atoms with E-state index < -0.39 is 12.2 Å². The number of halogens is 2. The van der Waals surface area contributed by atoms with Crippen molar-refractivity contribution in [2.24, 2.45) is 0 Å². The summed E-state index contributed by atoms with van der Waals surface area (Å²) in [5.74, 6) is -0.0440. The Morgan fingerprint density at radius 1 is 1.80 bits per heavy atom. The topological polar surface area (TPSA) is 45.8 Å². The fourth-order valence-electron chi connectivity index (χ4n) is 0.539. The minimum atomic E-state index is -0.810. The van der Waals surface area contributed by atoms with Crippen molar-refractivity contribution in [3.63, 3.8) is 0 Å². The molecule has 3 nitrogen and oxygen atoms in total. The van der Waals surface area contributed by atoms with Crippen LogP contribution in [-0.4, -0.2) is 9.97 Å². The summed E-state index contributed by atoms with van der Waals surface area (Å²) in [4.78, 5) is 16.2. The number of rotatable bonds is 1. The van der Waals surface area contributed by atoms with Gasteiger partial charge in [0.25, 0.3) is 5.56 Å². The first-order valence-corrected chi connectivity index (χ1v) is 2.92. The van der Waals surface area contributed by atoms with E-state index in [-0.39, 0.29) is 11.0 Å². The highest BCUT2D eigenvalue weighted by molar-refractivity contribution is 6.29. The fraction of sp³-hybridized carbons (Fsp3) is 0.200. The lowest BCUT2D eigenvalue weighted by molar-refractivity contribution is 0.464. The summed E-state index contributed by atoms with van der Waals surface area (Å²) in [7, 11) is 0. The molecule has 0 unspecified atom stereocenters. The Morgan fingerprint density at radius 3 is 3.00 bits per heavy atom. The van der Waals surface area contributed by atoms with Gasteiger partial charge in [-0.2, -0.15) is 0 Å². The summed E-state index contributed by atoms with van der Waals surface area (Å²) in [6.07, 6.45) is 0. The van der Waals surface area contributed by atoms with Gasteiger partial charge < -0.3 is 4.98 Å². The van der Waals surface area contributed by atoms with Crippen LogP contribution in [0.2, 0.25) is 5.15 Å². The summed E-state index contributed by atoms with van der Waals surface area (Å²) >= 11 is 5.33. The van der Waals surface area contributed by atoms with Gasteiger partial charge in [-0.15, -0.1) is 0 Å². The van der Waals surface area contributed by atoms with Crippen LogP contribution in [0, 0.1) is 0 Å². The Morgan fingerprint density at radius 2 is 2.50 bits per heavy atom. The van der Waals surface area contributed by atoms with E-state index in [1.54, 1.807) is 0 Å². The van der Waals surface area contributed by atoms with Gasteiger partial charge in [0.1, 0.15) is 17.7 Å². The molecule has 54 valence electrons. The van der Waals surface area contributed by atoms with Crippen LogP contribution in [0.5, 0.6) is 0 Å². The maximum absolute atomic E-state index is 11.8. The Balaban J connectivity index is 3.19. The number of alkyl halides is 1. The normalized spacial score (nSPS) is 9.80. The number of nitrogens with one attached hydrogen (secondary N) is 1. The zero-order chi connectivity index (χ0) is 7.56. The molecule has 0 amide bonds. The standard InChI is InChI=1S/C5H4ClFN2O/c6-3-1-5(10)9-4(2-7)8-3/h1H,2H2,(H,8,9,10). The zero-order valence-electron chi connectivity index (χ0n) is 4.90. The van der Waals surface area contributed by atoms with E-state index in [0.29, 0.717) is 0 Å². The predicted molar refractivity (Wildman–Crippen MR) is 34.7 cm³/mol. The van der Waals surface area contributed by atoms with Gasteiger partial charge in [0.15, 0.2) is 0 Å². The first kappa shape index (κ1) is 7.21. The van der Waals surface area contributed by atoms with Gasteiger partial charge in [0.2, 0.25) is 0 Å². The van der Waals surface area contributed by atoms with Gasteiger partial charge in [-0.05, 0) is 0 Å². The number of H-pyrrole nitrogens is 1. The van der Waals surface area contributed by atoms with Crippen molar-refractivity contribution in [2.45, 2.75) is 6.67 Å². The summed E-state index contributed by atoms with van der Waals surface area (Å²) in [5.41, 5.74) is -0.437. The molecule has 1 rings (SSSR count). The molecule has 1 N–H and O–H groups in total. The molecule has 0 saturated heterocycles. The second kappa shape index (κ2) is 2.79. The van der Waals surface area contributed by atoms with Gasteiger partial charge in [-0.3, -0.25) is 4.79 Å². The summed E-state index contributed by atoms with van der Waals surface area (Å²) < 4.78 is 11.8. The maximum atomic E-state index is 11.8. The third kappa shape index (κ3) is 1.54. The van der Waals surface area contributed by atoms with Crippen LogP contribution in [-0.2, 0) is 6.67 Å². The van der Waals surface area contributed by atoms with Gasteiger partial charge in [-0.25, -0.2) is 9.37 Å². The molecule has 0 aliphatic heterocycles. The second-order valence-electron chi connectivity index (χ2n) is 1.65. The first-order chi connectivity index (χ1) is 4.72. The molecule has 0 bridgehead atoms. The molecule has 0 fully saturated rings. The zero-order valence-corrected chi connectivity index (χ0v) is 5.65. The molecule has 0 spiro atoms. The molecule has 0 radical (unpaired) electrons. The predicted octanol–water partition coefficient (Wildman–Crippen LogP) is 0.893. The average Bonchev–Trinajstić information content (AvgIpc) is 1.85. The highest BCUT2D eigenvalue weighted by Crippen LogP contribution is 1.99. The van der Waals surface area contributed by atoms with Crippen molar-refractivity contribution in [3.05, 3.63) is 27.4 Å². The number of aromatic amines is 1. The van der Waals surface area contributed by atoms with Crippen LogP contribution in [0.1, 0.15) is 5.82 Å². The largest absolute Gasteiger partial charge is 0.308 e. The van der Waals surface area contributed by atoms with Crippen LogP contribution in [0.3, 0.4) is 0 Å². The van der Waals surface area contributed by atoms with E-state index in [4.69, 9.17) is 11.6 Å². The fourth-order valence-corrected chi connectivity index (χ4v) is 0.740. The number of aromatic nitrogens is 2. The number of nitrogens with zero attached hydrogens (tertiary/aromatic N) is 1. The van der Waals surface area contributed by atoms with Gasteiger partial charge in [-0.1, -0.05) is 11.6 Å². The van der Waals surface area contributed by atoms with E-state index in [1.807, 2.05) is 0 Å². The van der Waals surface area contributed by atoms with E-state index in [9.17, 15) is 9.18 Å². The SMILES string of the molecule is O=c1cc(Cl)nc(CF)[nH]1. The van der Waals surface area contributed by atoms with Gasteiger partial charge in [0, 0.05) is 6.07 Å². The Labute approximate surface area is 60.9 Å². The summed E-state index contributed by atoms with van der Waals surface area (Å²) in [6.45, 7) is -0.810. The third-order valence-corrected chi connectivity index (χ3v) is 1.08. The minimum absolute atomic E-state index is 0.0106. The van der Waals surface area contributed by atoms with Crippen molar-refractivity contribution in [3.8, 4) is 0 Å². The van der Waals surface area contributed by atoms with Crippen molar-refractivity contribution < 1.29 is 4.39 Å². The van der Waals surface area contributed by atoms with E-state index in [2.05, 4.69) is 9.97 Å². The summed E-state index contributed by atoms with van der Waals surface area (Å²) in [5, 5.41) is 0.0106. The van der Waals surface area contributed by atoms with Crippen LogP contribution < -0.4 is 5.56 Å². The molecule has 5 heteroatoms. The molecule has 0 aromatic carbocycles. The van der Waals surface area contributed by atoms with E-state index in [1.165, 1.54) is 0 Å². The Hall–Kier alpha value is -0.900. The second-order valence-corrected chi connectivity index (χ2v) is 2.04. The van der Waals surface area contributed by atoms with Crippen molar-refractivity contribution >= 4 is 11.6 Å². The Kier molecular flexibility index (Phi) is 2.01. The molecule has 0 aliphatic carbocycles. The molecule has 1 aromatic heterocycles. The van der Waals surface area contributed by atoms with Crippen molar-refractivity contribution in [1.82, 2.24) is 9.97 Å². The molecule has 0 saturated carbocycles. The lowest BCUT2D eigenvalue weighted by atomic mass is 10.6. The molecule has 10 heavy (non-hydrogen) atoms. The van der Waals surface area contributed by atoms with Crippen LogP contribution >= 0.6 is 11.6 Å². The smallest absolute Gasteiger partial charge is 0.252 e. The van der Waals surface area contributed by atoms with Crippen LogP contribution in [0.4, 0.5) is 4.39 Å². The minimum Gasteiger partial charge on any atom is -0.308 e. The quantitative estimate of drug-likeness (QED) is 0.624. The lowest BCUT2D eigenvalue weighted by Crippen LogP contribution is -2.08. The van der Waals surface area contributed by atoms with Crippen molar-refractivity contribution in [2.75, 3.05) is 0 Å². The molecule has 1 heterocycles. The number of hydrogen-bond acceptors (Lipinski definition) is 2. The highest BCUT2D eigenvalue weighted by atomic mass is 35.5. The molecule has 1 aromatic rings. The molecular formula is C5H4ClFN2O. The molecular weight excluding hydrogens is 159 g/mol. The average molecular weight is 163 g/mol. The maximum Gasteiger partial charge on any atom is 0.252 e. The summed E-state index contributed by atoms with van der Waals surface area (Å²) in [6, 6.07) is 1.08. The van der Waals surface area contributed by atoms with E-state index in [0.717, 1.165) is 6.07 Å². The molecule has 0 aliphatic rings.